The molecule has 0 aromatic heterocycles. The molecule has 0 bridgehead atoms. The zero-order chi connectivity index (χ0) is 30.8. The molecule has 0 heterocycles. The van der Waals surface area contributed by atoms with Crippen LogP contribution >= 0.6 is 0 Å². The van der Waals surface area contributed by atoms with Crippen molar-refractivity contribution < 1.29 is 73.6 Å². The van der Waals surface area contributed by atoms with E-state index in [9.17, 15) is 28.8 Å². The minimum absolute atomic E-state index is 0. The third-order valence-electron chi connectivity index (χ3n) is 6.29. The normalized spacial score (nSPS) is 24.3. The molecular weight excluding hydrogens is 552 g/mol. The summed E-state index contributed by atoms with van der Waals surface area (Å²) in [5, 5.41) is 52.6. The first kappa shape index (κ1) is 39.0. The van der Waals surface area contributed by atoms with E-state index in [-0.39, 0.29) is 7.43 Å². The maximum absolute atomic E-state index is 10.9. The molecule has 0 spiro atoms. The van der Waals surface area contributed by atoms with Gasteiger partial charge in [-0.3, -0.25) is 28.8 Å². The molecule has 15 nitrogen and oxygen atoms in total. The first-order valence-corrected chi connectivity index (χ1v) is 12.2. The van der Waals surface area contributed by atoms with Crippen molar-refractivity contribution in [1.29, 1.82) is 0 Å². The summed E-state index contributed by atoms with van der Waals surface area (Å²) in [5.41, 5.74) is 0. The molecule has 2 unspecified atom stereocenters. The van der Waals surface area contributed by atoms with Gasteiger partial charge in [0.1, 0.15) is 13.2 Å². The molecule has 0 saturated heterocycles. The zero-order valence-corrected chi connectivity index (χ0v) is 21.8. The predicted octanol–water partition coefficient (Wildman–Crippen LogP) is 2.11. The van der Waals surface area contributed by atoms with Gasteiger partial charge in [0.05, 0.1) is 61.2 Å². The predicted molar refractivity (Wildman–Crippen MR) is 140 cm³/mol. The van der Waals surface area contributed by atoms with Crippen LogP contribution in [0.2, 0.25) is 0 Å². The van der Waals surface area contributed by atoms with E-state index in [0.717, 1.165) is 12.8 Å². The topological polar surface area (TPSA) is 251 Å². The minimum atomic E-state index is -1.72. The Morgan fingerprint density at radius 3 is 1.12 bits per heavy atom. The van der Waals surface area contributed by atoms with Gasteiger partial charge in [-0.25, -0.2) is 0 Å². The van der Waals surface area contributed by atoms with E-state index in [1.807, 2.05) is 0 Å². The number of carboxylic acids is 6. The van der Waals surface area contributed by atoms with Gasteiger partial charge >= 0.3 is 35.8 Å². The SMILES string of the molecule is C.C=COCCOCCOC=C.O=C(O)C1CCCCC1C(=O)O.O=C(O)[C@@H]1[C@H](C(=O)O)[C@H](C(=O)O)C[C@@H]1C(=O)O. The first-order valence-electron chi connectivity index (χ1n) is 12.2. The van der Waals surface area contributed by atoms with E-state index in [1.54, 1.807) is 0 Å². The number of ether oxygens (including phenoxy) is 3. The Morgan fingerprint density at radius 1 is 0.561 bits per heavy atom. The summed E-state index contributed by atoms with van der Waals surface area (Å²) >= 11 is 0. The summed E-state index contributed by atoms with van der Waals surface area (Å²) in [4.78, 5) is 64.6. The third-order valence-corrected chi connectivity index (χ3v) is 6.29. The fraction of sp³-hybridized carbons (Fsp3) is 0.615. The van der Waals surface area contributed by atoms with Crippen LogP contribution in [0.5, 0.6) is 0 Å². The fourth-order valence-electron chi connectivity index (χ4n) is 4.43. The number of hydrogen-bond acceptors (Lipinski definition) is 9. The van der Waals surface area contributed by atoms with Crippen molar-refractivity contribution >= 4 is 35.8 Å². The van der Waals surface area contributed by atoms with Gasteiger partial charge in [0, 0.05) is 0 Å². The van der Waals surface area contributed by atoms with E-state index < -0.39 is 77.7 Å². The second-order valence-electron chi connectivity index (χ2n) is 8.71. The minimum Gasteiger partial charge on any atom is -0.499 e. The lowest BCUT2D eigenvalue weighted by Crippen LogP contribution is -2.35. The van der Waals surface area contributed by atoms with Crippen molar-refractivity contribution in [3.8, 4) is 0 Å². The van der Waals surface area contributed by atoms with Crippen molar-refractivity contribution in [2.24, 2.45) is 35.5 Å². The van der Waals surface area contributed by atoms with Crippen molar-refractivity contribution in [1.82, 2.24) is 0 Å². The van der Waals surface area contributed by atoms with E-state index in [0.29, 0.717) is 39.3 Å². The molecule has 0 aromatic carbocycles. The highest BCUT2D eigenvalue weighted by Crippen LogP contribution is 2.42. The van der Waals surface area contributed by atoms with Crippen molar-refractivity contribution in [3.63, 3.8) is 0 Å². The summed E-state index contributed by atoms with van der Waals surface area (Å²) in [5.74, 6) is -15.9. The fourth-order valence-corrected chi connectivity index (χ4v) is 4.43. The Kier molecular flexibility index (Phi) is 19.7. The molecule has 6 atom stereocenters. The number of rotatable bonds is 14. The molecule has 2 aliphatic rings. The van der Waals surface area contributed by atoms with Gasteiger partial charge in [0.25, 0.3) is 0 Å². The Morgan fingerprint density at radius 2 is 0.878 bits per heavy atom. The van der Waals surface area contributed by atoms with Crippen molar-refractivity contribution in [2.45, 2.75) is 39.5 Å². The van der Waals surface area contributed by atoms with E-state index in [4.69, 9.17) is 44.8 Å². The van der Waals surface area contributed by atoms with Crippen LogP contribution in [0.3, 0.4) is 0 Å². The summed E-state index contributed by atoms with van der Waals surface area (Å²) < 4.78 is 14.7. The monoisotopic (exact) mass is 592 g/mol. The molecule has 2 aliphatic carbocycles. The number of carboxylic acid groups (broad SMARTS) is 6. The van der Waals surface area contributed by atoms with Crippen LogP contribution in [-0.2, 0) is 43.0 Å². The van der Waals surface area contributed by atoms with Crippen LogP contribution in [0.1, 0.15) is 39.5 Å². The van der Waals surface area contributed by atoms with Gasteiger partial charge in [0.2, 0.25) is 0 Å². The molecule has 15 heteroatoms. The highest BCUT2D eigenvalue weighted by molar-refractivity contribution is 5.90. The molecule has 2 fully saturated rings. The quantitative estimate of drug-likeness (QED) is 0.125. The van der Waals surface area contributed by atoms with Gasteiger partial charge < -0.3 is 44.8 Å². The summed E-state index contributed by atoms with van der Waals surface area (Å²) in [6.45, 7) is 8.99. The van der Waals surface area contributed by atoms with Crippen LogP contribution in [0.15, 0.2) is 25.7 Å². The van der Waals surface area contributed by atoms with Crippen LogP contribution < -0.4 is 0 Å². The molecule has 41 heavy (non-hydrogen) atoms. The average molecular weight is 593 g/mol. The summed E-state index contributed by atoms with van der Waals surface area (Å²) in [7, 11) is 0. The molecule has 234 valence electrons. The molecule has 0 amide bonds. The zero-order valence-electron chi connectivity index (χ0n) is 21.8. The molecule has 6 N–H and O–H groups in total. The Bertz CT molecular complexity index is 829. The molecule has 0 radical (unpaired) electrons. The second kappa shape index (κ2) is 20.7. The molecule has 2 saturated carbocycles. The lowest BCUT2D eigenvalue weighted by atomic mass is 9.79. The van der Waals surface area contributed by atoms with Crippen LogP contribution in [0, 0.1) is 35.5 Å². The molecule has 0 aromatic rings. The Labute approximate surface area is 237 Å². The second-order valence-corrected chi connectivity index (χ2v) is 8.71. The Balaban J connectivity index is 0. The van der Waals surface area contributed by atoms with Gasteiger partial charge in [-0.2, -0.15) is 0 Å². The highest BCUT2D eigenvalue weighted by Gasteiger charge is 2.56. The number of carbonyl (C=O) groups is 6. The molecule has 2 rings (SSSR count). The average Bonchev–Trinajstić information content (AvgIpc) is 3.31. The van der Waals surface area contributed by atoms with Gasteiger partial charge in [-0.05, 0) is 19.3 Å². The molecular formula is C26H40O15. The van der Waals surface area contributed by atoms with E-state index >= 15 is 0 Å². The third kappa shape index (κ3) is 13.7. The van der Waals surface area contributed by atoms with Crippen molar-refractivity contribution in [3.05, 3.63) is 25.7 Å². The lowest BCUT2D eigenvalue weighted by Gasteiger charge is -2.24. The van der Waals surface area contributed by atoms with Gasteiger partial charge in [-0.15, -0.1) is 0 Å². The molecule has 0 aliphatic heterocycles. The maximum Gasteiger partial charge on any atom is 0.308 e. The maximum atomic E-state index is 10.9. The van der Waals surface area contributed by atoms with E-state index in [1.165, 1.54) is 12.5 Å². The standard InChI is InChI=1S/C9H10O8.C8H12O4.C8H14O3.CH4/c10-6(11)2-1-3(7(12)13)5(9(16)17)4(2)8(14)15;9-7(10)5-3-1-2-4-6(5)8(11)12;1-3-9-5-7-11-8-6-10-4-2;/h2-5H,1H2,(H,10,11)(H,12,13)(H,14,15)(H,16,17);5-6H,1-4H2,(H,9,10)(H,11,12);3-4H,1-2,5-8H2;1H4/t2-,3+,4-,5+;;;. The van der Waals surface area contributed by atoms with Crippen molar-refractivity contribution in [2.75, 3.05) is 26.4 Å². The Hall–Kier alpha value is -4.14. The lowest BCUT2D eigenvalue weighted by molar-refractivity contribution is -0.160. The number of aliphatic carboxylic acids is 6. The van der Waals surface area contributed by atoms with Gasteiger partial charge in [0.15, 0.2) is 0 Å². The highest BCUT2D eigenvalue weighted by atomic mass is 16.5. The largest absolute Gasteiger partial charge is 0.499 e. The van der Waals surface area contributed by atoms with E-state index in [2.05, 4.69) is 13.2 Å². The van der Waals surface area contributed by atoms with Crippen LogP contribution in [0.4, 0.5) is 0 Å². The first-order chi connectivity index (χ1) is 18.8. The summed E-state index contributed by atoms with van der Waals surface area (Å²) in [6.07, 6.45) is 4.98. The van der Waals surface area contributed by atoms with Crippen LogP contribution in [-0.4, -0.2) is 92.9 Å². The van der Waals surface area contributed by atoms with Crippen LogP contribution in [0.25, 0.3) is 0 Å². The van der Waals surface area contributed by atoms with Gasteiger partial charge in [-0.1, -0.05) is 33.4 Å². The number of hydrogen-bond donors (Lipinski definition) is 6. The summed E-state index contributed by atoms with van der Waals surface area (Å²) in [6, 6.07) is 0. The smallest absolute Gasteiger partial charge is 0.308 e.